The van der Waals surface area contributed by atoms with Gasteiger partial charge in [0.2, 0.25) is 0 Å². The Labute approximate surface area is 114 Å². The molecule has 2 heterocycles. The lowest BCUT2D eigenvalue weighted by Gasteiger charge is -2.25. The highest BCUT2D eigenvalue weighted by Crippen LogP contribution is 2.29. The van der Waals surface area contributed by atoms with Crippen molar-refractivity contribution in [1.82, 2.24) is 20.1 Å². The maximum Gasteiger partial charge on any atom is 0.111 e. The summed E-state index contributed by atoms with van der Waals surface area (Å²) in [4.78, 5) is 10.8. The molecule has 18 heavy (non-hydrogen) atoms. The number of nitrogens with zero attached hydrogens (tertiary/aromatic N) is 3. The number of thiazole rings is 1. The third-order valence-corrected chi connectivity index (χ3v) is 5.03. The van der Waals surface area contributed by atoms with Gasteiger partial charge in [-0.3, -0.25) is 4.90 Å². The van der Waals surface area contributed by atoms with Gasteiger partial charge in [-0.1, -0.05) is 0 Å². The molecule has 0 radical (unpaired) electrons. The number of hydrogen-bond donors (Lipinski definition) is 1. The molecule has 1 aliphatic rings. The SMILES string of the molecule is CNC(C)c1cnc(C2CN(C)CCCN2C)s1. The van der Waals surface area contributed by atoms with Crippen LogP contribution in [0.2, 0.25) is 0 Å². The van der Waals surface area contributed by atoms with Gasteiger partial charge in [-0.2, -0.15) is 0 Å². The summed E-state index contributed by atoms with van der Waals surface area (Å²) in [7, 11) is 6.42. The minimum Gasteiger partial charge on any atom is -0.312 e. The zero-order valence-corrected chi connectivity index (χ0v) is 12.6. The third-order valence-electron chi connectivity index (χ3n) is 3.75. The van der Waals surface area contributed by atoms with Gasteiger partial charge in [0.25, 0.3) is 0 Å². The molecule has 5 heteroatoms. The molecule has 0 amide bonds. The lowest BCUT2D eigenvalue weighted by molar-refractivity contribution is 0.228. The molecule has 1 aliphatic heterocycles. The standard InChI is InChI=1S/C13H24N4S/c1-10(14-2)12-8-15-13(18-12)11-9-16(3)6-5-7-17(11)4/h8,10-11,14H,5-7,9H2,1-4H3. The lowest BCUT2D eigenvalue weighted by atomic mass is 10.2. The fourth-order valence-corrected chi connectivity index (χ4v) is 3.47. The molecule has 0 aliphatic carbocycles. The van der Waals surface area contributed by atoms with Crippen LogP contribution < -0.4 is 5.32 Å². The van der Waals surface area contributed by atoms with Crippen LogP contribution in [0.15, 0.2) is 6.20 Å². The van der Waals surface area contributed by atoms with Gasteiger partial charge in [0.05, 0.1) is 6.04 Å². The first-order valence-electron chi connectivity index (χ1n) is 6.63. The van der Waals surface area contributed by atoms with Crippen molar-refractivity contribution in [1.29, 1.82) is 0 Å². The number of aromatic nitrogens is 1. The van der Waals surface area contributed by atoms with E-state index in [1.165, 1.54) is 22.9 Å². The van der Waals surface area contributed by atoms with Crippen molar-refractivity contribution in [3.05, 3.63) is 16.1 Å². The second-order valence-electron chi connectivity index (χ2n) is 5.22. The maximum absolute atomic E-state index is 4.65. The molecular weight excluding hydrogens is 244 g/mol. The molecule has 0 bridgehead atoms. The van der Waals surface area contributed by atoms with Crippen molar-refractivity contribution >= 4 is 11.3 Å². The molecule has 2 rings (SSSR count). The summed E-state index contributed by atoms with van der Waals surface area (Å²) in [6.45, 7) is 5.61. The van der Waals surface area contributed by atoms with Gasteiger partial charge in [-0.05, 0) is 47.6 Å². The van der Waals surface area contributed by atoms with Gasteiger partial charge in [-0.25, -0.2) is 4.98 Å². The monoisotopic (exact) mass is 268 g/mol. The summed E-state index contributed by atoms with van der Waals surface area (Å²) in [6, 6.07) is 0.838. The summed E-state index contributed by atoms with van der Waals surface area (Å²) >= 11 is 1.85. The topological polar surface area (TPSA) is 31.4 Å². The zero-order valence-electron chi connectivity index (χ0n) is 11.8. The Morgan fingerprint density at radius 3 is 2.94 bits per heavy atom. The first-order valence-corrected chi connectivity index (χ1v) is 7.45. The Morgan fingerprint density at radius 2 is 2.22 bits per heavy atom. The van der Waals surface area contributed by atoms with Crippen LogP contribution in [-0.4, -0.2) is 55.6 Å². The normalized spacial score (nSPS) is 25.0. The van der Waals surface area contributed by atoms with E-state index in [-0.39, 0.29) is 0 Å². The van der Waals surface area contributed by atoms with Crippen LogP contribution in [0.4, 0.5) is 0 Å². The predicted molar refractivity (Wildman–Crippen MR) is 77.1 cm³/mol. The van der Waals surface area contributed by atoms with Crippen molar-refractivity contribution < 1.29 is 0 Å². The molecule has 2 atom stereocenters. The van der Waals surface area contributed by atoms with Crippen LogP contribution in [0.1, 0.15) is 35.3 Å². The molecular formula is C13H24N4S. The van der Waals surface area contributed by atoms with Gasteiger partial charge in [0.1, 0.15) is 5.01 Å². The Kier molecular flexibility index (Phi) is 4.72. The summed E-state index contributed by atoms with van der Waals surface area (Å²) < 4.78 is 0. The Morgan fingerprint density at radius 1 is 1.44 bits per heavy atom. The van der Waals surface area contributed by atoms with Gasteiger partial charge < -0.3 is 10.2 Å². The fourth-order valence-electron chi connectivity index (χ4n) is 2.34. The quantitative estimate of drug-likeness (QED) is 0.905. The smallest absolute Gasteiger partial charge is 0.111 e. The number of likely N-dealkylation sites (N-methyl/N-ethyl adjacent to an activating group) is 2. The predicted octanol–water partition coefficient (Wildman–Crippen LogP) is 1.73. The molecule has 1 saturated heterocycles. The van der Waals surface area contributed by atoms with Crippen LogP contribution in [0.5, 0.6) is 0 Å². The molecule has 0 aromatic carbocycles. The maximum atomic E-state index is 4.65. The van der Waals surface area contributed by atoms with Crippen LogP contribution in [-0.2, 0) is 0 Å². The average Bonchev–Trinajstić information content (AvgIpc) is 2.77. The van der Waals surface area contributed by atoms with Crippen molar-refractivity contribution in [2.24, 2.45) is 0 Å². The van der Waals surface area contributed by atoms with E-state index in [0.717, 1.165) is 13.1 Å². The van der Waals surface area contributed by atoms with Crippen LogP contribution in [0, 0.1) is 0 Å². The Balaban J connectivity index is 2.15. The first-order chi connectivity index (χ1) is 8.61. The van der Waals surface area contributed by atoms with Gasteiger partial charge in [0, 0.05) is 23.7 Å². The lowest BCUT2D eigenvalue weighted by Crippen LogP contribution is -2.30. The third kappa shape index (κ3) is 3.09. The number of hydrogen-bond acceptors (Lipinski definition) is 5. The fraction of sp³-hybridized carbons (Fsp3) is 0.769. The van der Waals surface area contributed by atoms with E-state index in [9.17, 15) is 0 Å². The van der Waals surface area contributed by atoms with Crippen LogP contribution in [0.25, 0.3) is 0 Å². The average molecular weight is 268 g/mol. The molecule has 0 saturated carbocycles. The van der Waals surface area contributed by atoms with E-state index in [1.54, 1.807) is 0 Å². The Bertz CT molecular complexity index is 379. The minimum atomic E-state index is 0.394. The molecule has 1 aromatic rings. The summed E-state index contributed by atoms with van der Waals surface area (Å²) in [5.41, 5.74) is 0. The first kappa shape index (κ1) is 13.9. The highest BCUT2D eigenvalue weighted by Gasteiger charge is 2.25. The number of rotatable bonds is 3. The second-order valence-corrected chi connectivity index (χ2v) is 6.32. The van der Waals surface area contributed by atoms with Crippen LogP contribution in [0.3, 0.4) is 0 Å². The van der Waals surface area contributed by atoms with Crippen LogP contribution >= 0.6 is 11.3 Å². The van der Waals surface area contributed by atoms with E-state index in [0.29, 0.717) is 12.1 Å². The highest BCUT2D eigenvalue weighted by molar-refractivity contribution is 7.11. The van der Waals surface area contributed by atoms with E-state index < -0.39 is 0 Å². The van der Waals surface area contributed by atoms with E-state index in [4.69, 9.17) is 0 Å². The van der Waals surface area contributed by atoms with Gasteiger partial charge >= 0.3 is 0 Å². The molecule has 1 N–H and O–H groups in total. The van der Waals surface area contributed by atoms with Crippen molar-refractivity contribution in [3.8, 4) is 0 Å². The summed E-state index contributed by atoms with van der Waals surface area (Å²) in [5.74, 6) is 0. The van der Waals surface area contributed by atoms with E-state index in [1.807, 2.05) is 24.6 Å². The van der Waals surface area contributed by atoms with Gasteiger partial charge in [-0.15, -0.1) is 11.3 Å². The highest BCUT2D eigenvalue weighted by atomic mass is 32.1. The van der Waals surface area contributed by atoms with Crippen molar-refractivity contribution in [2.75, 3.05) is 40.8 Å². The molecule has 1 aromatic heterocycles. The summed E-state index contributed by atoms with van der Waals surface area (Å²) in [5, 5.41) is 4.53. The van der Waals surface area contributed by atoms with Gasteiger partial charge in [0.15, 0.2) is 0 Å². The summed E-state index contributed by atoms with van der Waals surface area (Å²) in [6.07, 6.45) is 3.27. The van der Waals surface area contributed by atoms with E-state index >= 15 is 0 Å². The Hall–Kier alpha value is -0.490. The van der Waals surface area contributed by atoms with E-state index in [2.05, 4.69) is 41.1 Å². The second kappa shape index (κ2) is 6.10. The van der Waals surface area contributed by atoms with Crippen molar-refractivity contribution in [2.45, 2.75) is 25.4 Å². The molecule has 1 fully saturated rings. The molecule has 2 unspecified atom stereocenters. The largest absolute Gasteiger partial charge is 0.312 e. The molecule has 4 nitrogen and oxygen atoms in total. The molecule has 0 spiro atoms. The molecule has 102 valence electrons. The van der Waals surface area contributed by atoms with Crippen molar-refractivity contribution in [3.63, 3.8) is 0 Å². The number of nitrogens with one attached hydrogen (secondary N) is 1. The zero-order chi connectivity index (χ0) is 13.1. The minimum absolute atomic E-state index is 0.394.